The maximum absolute atomic E-state index is 13.1. The Morgan fingerprint density at radius 1 is 1.20 bits per heavy atom. The smallest absolute Gasteiger partial charge is 0.123 e. The minimum Gasteiger partial charge on any atom is -0.389 e. The highest BCUT2D eigenvalue weighted by atomic mass is 19.1. The molecular formula is C16H23FN2O. The van der Waals surface area contributed by atoms with E-state index in [1.54, 1.807) is 0 Å². The molecule has 0 amide bonds. The SMILES string of the molecule is OC1(C(CN2CCNCC2)c2ccc(F)cc2)CCC1. The zero-order valence-corrected chi connectivity index (χ0v) is 11.8. The largest absolute Gasteiger partial charge is 0.389 e. The summed E-state index contributed by atoms with van der Waals surface area (Å²) in [4.78, 5) is 2.40. The lowest BCUT2D eigenvalue weighted by Crippen LogP contribution is -2.51. The van der Waals surface area contributed by atoms with Gasteiger partial charge in [-0.25, -0.2) is 4.39 Å². The summed E-state index contributed by atoms with van der Waals surface area (Å²) in [6, 6.07) is 6.67. The average molecular weight is 278 g/mol. The average Bonchev–Trinajstić information content (AvgIpc) is 2.45. The van der Waals surface area contributed by atoms with Gasteiger partial charge in [0.15, 0.2) is 0 Å². The zero-order valence-electron chi connectivity index (χ0n) is 11.8. The number of nitrogens with one attached hydrogen (secondary N) is 1. The molecule has 110 valence electrons. The maximum Gasteiger partial charge on any atom is 0.123 e. The number of benzene rings is 1. The van der Waals surface area contributed by atoms with Gasteiger partial charge in [-0.3, -0.25) is 0 Å². The van der Waals surface area contributed by atoms with E-state index >= 15 is 0 Å². The molecule has 1 saturated heterocycles. The number of nitrogens with zero attached hydrogens (tertiary/aromatic N) is 1. The van der Waals surface area contributed by atoms with Crippen molar-refractivity contribution < 1.29 is 9.50 Å². The number of hydrogen-bond donors (Lipinski definition) is 2. The van der Waals surface area contributed by atoms with Crippen LogP contribution in [0, 0.1) is 5.82 Å². The van der Waals surface area contributed by atoms with Crippen LogP contribution < -0.4 is 5.32 Å². The highest BCUT2D eigenvalue weighted by Crippen LogP contribution is 2.43. The Labute approximate surface area is 119 Å². The van der Waals surface area contributed by atoms with E-state index in [1.807, 2.05) is 12.1 Å². The lowest BCUT2D eigenvalue weighted by atomic mass is 9.68. The molecule has 2 fully saturated rings. The van der Waals surface area contributed by atoms with Crippen LogP contribution in [0.2, 0.25) is 0 Å². The third kappa shape index (κ3) is 2.87. The summed E-state index contributed by atoms with van der Waals surface area (Å²) in [5, 5.41) is 14.1. The second-order valence-corrected chi connectivity index (χ2v) is 6.11. The molecule has 2 aliphatic rings. The van der Waals surface area contributed by atoms with Crippen LogP contribution in [0.5, 0.6) is 0 Å². The van der Waals surface area contributed by atoms with Crippen molar-refractivity contribution in [1.29, 1.82) is 0 Å². The first-order valence-corrected chi connectivity index (χ1v) is 7.58. The molecule has 3 rings (SSSR count). The van der Waals surface area contributed by atoms with Gasteiger partial charge >= 0.3 is 0 Å². The Bertz CT molecular complexity index is 438. The van der Waals surface area contributed by atoms with E-state index in [4.69, 9.17) is 0 Å². The summed E-state index contributed by atoms with van der Waals surface area (Å²) in [5.74, 6) is -0.120. The van der Waals surface area contributed by atoms with E-state index in [9.17, 15) is 9.50 Å². The van der Waals surface area contributed by atoms with E-state index in [0.29, 0.717) is 0 Å². The quantitative estimate of drug-likeness (QED) is 0.880. The van der Waals surface area contributed by atoms with Gasteiger partial charge in [-0.2, -0.15) is 0 Å². The van der Waals surface area contributed by atoms with Gasteiger partial charge in [-0.05, 0) is 37.0 Å². The van der Waals surface area contributed by atoms with E-state index < -0.39 is 5.60 Å². The van der Waals surface area contributed by atoms with E-state index in [1.165, 1.54) is 12.1 Å². The monoisotopic (exact) mass is 278 g/mol. The number of hydrogen-bond acceptors (Lipinski definition) is 3. The highest BCUT2D eigenvalue weighted by Gasteiger charge is 2.43. The molecule has 1 aliphatic carbocycles. The minimum absolute atomic E-state index is 0.0925. The van der Waals surface area contributed by atoms with Crippen molar-refractivity contribution in [3.63, 3.8) is 0 Å². The van der Waals surface area contributed by atoms with Crippen LogP contribution >= 0.6 is 0 Å². The van der Waals surface area contributed by atoms with Crippen molar-refractivity contribution in [2.45, 2.75) is 30.8 Å². The molecule has 1 heterocycles. The molecule has 1 saturated carbocycles. The first-order chi connectivity index (χ1) is 9.67. The molecule has 1 aromatic rings. The zero-order chi connectivity index (χ0) is 14.0. The molecule has 1 aliphatic heterocycles. The Morgan fingerprint density at radius 2 is 1.85 bits per heavy atom. The summed E-state index contributed by atoms with van der Waals surface area (Å²) in [7, 11) is 0. The summed E-state index contributed by atoms with van der Waals surface area (Å²) >= 11 is 0. The molecule has 0 aromatic heterocycles. The predicted octanol–water partition coefficient (Wildman–Crippen LogP) is 1.73. The molecule has 20 heavy (non-hydrogen) atoms. The van der Waals surface area contributed by atoms with Gasteiger partial charge in [-0.1, -0.05) is 12.1 Å². The predicted molar refractivity (Wildman–Crippen MR) is 77.3 cm³/mol. The van der Waals surface area contributed by atoms with Gasteiger partial charge in [0.25, 0.3) is 0 Å². The summed E-state index contributed by atoms with van der Waals surface area (Å²) in [6.45, 7) is 4.93. The molecule has 0 radical (unpaired) electrons. The fraction of sp³-hybridized carbons (Fsp3) is 0.625. The molecule has 1 atom stereocenters. The first kappa shape index (κ1) is 14.0. The number of piperazine rings is 1. The Hall–Kier alpha value is -0.970. The van der Waals surface area contributed by atoms with Crippen LogP contribution in [-0.4, -0.2) is 48.3 Å². The summed E-state index contributed by atoms with van der Waals surface area (Å²) < 4.78 is 13.1. The lowest BCUT2D eigenvalue weighted by Gasteiger charge is -2.45. The molecule has 0 bridgehead atoms. The highest BCUT2D eigenvalue weighted by molar-refractivity contribution is 5.25. The van der Waals surface area contributed by atoms with Crippen molar-refractivity contribution in [3.8, 4) is 0 Å². The van der Waals surface area contributed by atoms with Crippen molar-refractivity contribution in [1.82, 2.24) is 10.2 Å². The minimum atomic E-state index is -0.595. The van der Waals surface area contributed by atoms with Crippen LogP contribution in [0.4, 0.5) is 4.39 Å². The molecule has 3 nitrogen and oxygen atoms in total. The first-order valence-electron chi connectivity index (χ1n) is 7.58. The van der Waals surface area contributed by atoms with Crippen LogP contribution in [0.15, 0.2) is 24.3 Å². The number of aliphatic hydroxyl groups is 1. The van der Waals surface area contributed by atoms with Crippen molar-refractivity contribution in [2.75, 3.05) is 32.7 Å². The van der Waals surface area contributed by atoms with E-state index in [2.05, 4.69) is 10.2 Å². The molecular weight excluding hydrogens is 255 g/mol. The standard InChI is InChI=1S/C16H23FN2O/c17-14-4-2-13(3-5-14)15(16(20)6-1-7-16)12-19-10-8-18-9-11-19/h2-5,15,18,20H,1,6-12H2. The fourth-order valence-electron chi connectivity index (χ4n) is 3.32. The molecule has 1 unspecified atom stereocenters. The second kappa shape index (κ2) is 5.80. The third-order valence-electron chi connectivity index (χ3n) is 4.79. The summed E-state index contributed by atoms with van der Waals surface area (Å²) in [6.07, 6.45) is 2.82. The van der Waals surface area contributed by atoms with E-state index in [-0.39, 0.29) is 11.7 Å². The maximum atomic E-state index is 13.1. The molecule has 4 heteroatoms. The normalized spacial score (nSPS) is 24.1. The fourth-order valence-corrected chi connectivity index (χ4v) is 3.32. The van der Waals surface area contributed by atoms with Gasteiger partial charge in [0, 0.05) is 38.6 Å². The van der Waals surface area contributed by atoms with Gasteiger partial charge in [0.05, 0.1) is 5.60 Å². The van der Waals surface area contributed by atoms with Crippen molar-refractivity contribution in [3.05, 3.63) is 35.6 Å². The Morgan fingerprint density at radius 3 is 2.40 bits per heavy atom. The van der Waals surface area contributed by atoms with Crippen LogP contribution in [-0.2, 0) is 0 Å². The third-order valence-corrected chi connectivity index (χ3v) is 4.79. The Kier molecular flexibility index (Phi) is 4.06. The molecule has 2 N–H and O–H groups in total. The summed E-state index contributed by atoms with van der Waals surface area (Å²) in [5.41, 5.74) is 0.468. The van der Waals surface area contributed by atoms with Crippen LogP contribution in [0.25, 0.3) is 0 Å². The van der Waals surface area contributed by atoms with Gasteiger partial charge in [-0.15, -0.1) is 0 Å². The van der Waals surface area contributed by atoms with Crippen LogP contribution in [0.3, 0.4) is 0 Å². The lowest BCUT2D eigenvalue weighted by molar-refractivity contribution is -0.0652. The van der Waals surface area contributed by atoms with Crippen molar-refractivity contribution in [2.24, 2.45) is 0 Å². The van der Waals surface area contributed by atoms with Gasteiger partial charge in [0.1, 0.15) is 5.82 Å². The van der Waals surface area contributed by atoms with Crippen LogP contribution in [0.1, 0.15) is 30.7 Å². The molecule has 1 aromatic carbocycles. The van der Waals surface area contributed by atoms with Gasteiger partial charge in [0.2, 0.25) is 0 Å². The number of rotatable bonds is 4. The number of halogens is 1. The molecule has 0 spiro atoms. The topological polar surface area (TPSA) is 35.5 Å². The van der Waals surface area contributed by atoms with E-state index in [0.717, 1.165) is 57.5 Å². The Balaban J connectivity index is 1.78. The second-order valence-electron chi connectivity index (χ2n) is 6.11. The van der Waals surface area contributed by atoms with Gasteiger partial charge < -0.3 is 15.3 Å². The van der Waals surface area contributed by atoms with Crippen molar-refractivity contribution >= 4 is 0 Å².